The number of rotatable bonds is 5. The number of amides is 1. The van der Waals surface area contributed by atoms with E-state index in [4.69, 9.17) is 0 Å². The second-order valence-electron chi connectivity index (χ2n) is 7.62. The molecule has 0 fully saturated rings. The summed E-state index contributed by atoms with van der Waals surface area (Å²) in [5.41, 5.74) is 2.83. The van der Waals surface area contributed by atoms with Gasteiger partial charge in [0.2, 0.25) is 5.91 Å². The molecule has 0 radical (unpaired) electrons. The number of nitrogens with one attached hydrogen (secondary N) is 2. The van der Waals surface area contributed by atoms with E-state index in [1.165, 1.54) is 24.3 Å². The molecule has 0 unspecified atom stereocenters. The van der Waals surface area contributed by atoms with Crippen LogP contribution < -0.4 is 10.0 Å². The van der Waals surface area contributed by atoms with Gasteiger partial charge >= 0.3 is 6.55 Å². The molecule has 33 heavy (non-hydrogen) atoms. The highest BCUT2D eigenvalue weighted by Gasteiger charge is 2.21. The van der Waals surface area contributed by atoms with Gasteiger partial charge in [0.1, 0.15) is 5.82 Å². The first-order valence-corrected chi connectivity index (χ1v) is 11.6. The third kappa shape index (κ3) is 3.93. The first kappa shape index (κ1) is 21.1. The van der Waals surface area contributed by atoms with Crippen molar-refractivity contribution in [1.82, 2.24) is 9.55 Å². The molecule has 0 saturated heterocycles. The zero-order valence-electron chi connectivity index (χ0n) is 17.1. The standard InChI is InChI=1S/C23H18F2N4O3S/c24-23(25)29-20-4-2-1-3-19(20)27-22(29)14-5-8-16(9-6-14)28-33(31,32)17-10-11-18-15(13-17)7-12-21(30)26-18/h1-6,8-11,13,23,28H,7,12H2,(H,26,30). The van der Waals surface area contributed by atoms with Crippen molar-refractivity contribution in [1.29, 1.82) is 0 Å². The van der Waals surface area contributed by atoms with Crippen LogP contribution >= 0.6 is 0 Å². The molecule has 1 aliphatic rings. The summed E-state index contributed by atoms with van der Waals surface area (Å²) in [7, 11) is -3.88. The maximum Gasteiger partial charge on any atom is 0.320 e. The Kier molecular flexibility index (Phi) is 5.09. The molecule has 4 aromatic rings. The molecule has 7 nitrogen and oxygen atoms in total. The highest BCUT2D eigenvalue weighted by molar-refractivity contribution is 7.92. The Morgan fingerprint density at radius 2 is 1.76 bits per heavy atom. The molecule has 3 aromatic carbocycles. The van der Waals surface area contributed by atoms with E-state index in [-0.39, 0.29) is 22.3 Å². The molecule has 2 N–H and O–H groups in total. The van der Waals surface area contributed by atoms with Crippen molar-refractivity contribution in [2.45, 2.75) is 24.3 Å². The van der Waals surface area contributed by atoms with Crippen molar-refractivity contribution in [3.8, 4) is 11.4 Å². The Bertz CT molecular complexity index is 1480. The van der Waals surface area contributed by atoms with Gasteiger partial charge in [-0.25, -0.2) is 13.4 Å². The first-order valence-electron chi connectivity index (χ1n) is 10.1. The Hall–Kier alpha value is -3.79. The van der Waals surface area contributed by atoms with Crippen LogP contribution in [0.3, 0.4) is 0 Å². The van der Waals surface area contributed by atoms with Crippen LogP contribution in [0.25, 0.3) is 22.4 Å². The van der Waals surface area contributed by atoms with Gasteiger partial charge in [0.25, 0.3) is 10.0 Å². The SMILES string of the molecule is O=C1CCc2cc(S(=O)(=O)Nc3ccc(-c4nc5ccccc5n4C(F)F)cc3)ccc2N1. The van der Waals surface area contributed by atoms with E-state index < -0.39 is 16.6 Å². The monoisotopic (exact) mass is 468 g/mol. The van der Waals surface area contributed by atoms with Crippen molar-refractivity contribution in [3.63, 3.8) is 0 Å². The number of hydrogen-bond acceptors (Lipinski definition) is 4. The second-order valence-corrected chi connectivity index (χ2v) is 9.30. The predicted molar refractivity (Wildman–Crippen MR) is 121 cm³/mol. The maximum atomic E-state index is 13.7. The first-order chi connectivity index (χ1) is 15.8. The van der Waals surface area contributed by atoms with Crippen LogP contribution in [0.4, 0.5) is 20.2 Å². The van der Waals surface area contributed by atoms with E-state index >= 15 is 0 Å². The number of carbonyl (C=O) groups excluding carboxylic acids is 1. The normalized spacial score (nSPS) is 13.7. The van der Waals surface area contributed by atoms with E-state index in [0.29, 0.717) is 35.1 Å². The van der Waals surface area contributed by atoms with Gasteiger partial charge in [-0.1, -0.05) is 12.1 Å². The lowest BCUT2D eigenvalue weighted by molar-refractivity contribution is -0.116. The number of aryl methyl sites for hydroxylation is 1. The lowest BCUT2D eigenvalue weighted by atomic mass is 10.0. The van der Waals surface area contributed by atoms with E-state index in [1.54, 1.807) is 42.5 Å². The van der Waals surface area contributed by atoms with Gasteiger partial charge in [-0.05, 0) is 66.6 Å². The molecule has 0 saturated carbocycles. The average Bonchev–Trinajstić information content (AvgIpc) is 3.19. The Labute approximate surface area is 188 Å². The van der Waals surface area contributed by atoms with Gasteiger partial charge in [-0.15, -0.1) is 0 Å². The summed E-state index contributed by atoms with van der Waals surface area (Å²) in [6.07, 6.45) is 0.763. The minimum Gasteiger partial charge on any atom is -0.326 e. The maximum absolute atomic E-state index is 13.7. The molecule has 2 heterocycles. The number of benzene rings is 3. The third-order valence-corrected chi connectivity index (χ3v) is 6.85. The Morgan fingerprint density at radius 3 is 2.52 bits per heavy atom. The molecule has 0 atom stereocenters. The van der Waals surface area contributed by atoms with Crippen LogP contribution in [0.2, 0.25) is 0 Å². The number of halogens is 2. The summed E-state index contributed by atoms with van der Waals surface area (Å²) in [5, 5.41) is 2.72. The van der Waals surface area contributed by atoms with Crippen LogP contribution in [0.1, 0.15) is 18.5 Å². The molecule has 10 heteroatoms. The van der Waals surface area contributed by atoms with E-state index in [9.17, 15) is 22.0 Å². The van der Waals surface area contributed by atoms with Crippen molar-refractivity contribution >= 4 is 38.3 Å². The smallest absolute Gasteiger partial charge is 0.320 e. The number of sulfonamides is 1. The second kappa shape index (κ2) is 7.96. The minimum atomic E-state index is -3.88. The number of hydrogen-bond donors (Lipinski definition) is 2. The van der Waals surface area contributed by atoms with Crippen molar-refractivity contribution < 1.29 is 22.0 Å². The molecule has 1 aliphatic heterocycles. The summed E-state index contributed by atoms with van der Waals surface area (Å²) in [5.74, 6) is -0.00552. The van der Waals surface area contributed by atoms with Crippen LogP contribution in [-0.4, -0.2) is 23.9 Å². The molecular weight excluding hydrogens is 450 g/mol. The van der Waals surface area contributed by atoms with E-state index in [1.807, 2.05) is 0 Å². The predicted octanol–water partition coefficient (Wildman–Crippen LogP) is 4.78. The third-order valence-electron chi connectivity index (χ3n) is 5.47. The molecule has 0 bridgehead atoms. The number of imidazole rings is 1. The lowest BCUT2D eigenvalue weighted by Gasteiger charge is -2.18. The molecule has 5 rings (SSSR count). The number of carbonyl (C=O) groups is 1. The number of alkyl halides is 2. The Morgan fingerprint density at radius 1 is 1.00 bits per heavy atom. The number of aromatic nitrogens is 2. The number of nitrogens with zero attached hydrogens (tertiary/aromatic N) is 2. The van der Waals surface area contributed by atoms with Crippen molar-refractivity contribution in [2.24, 2.45) is 0 Å². The highest BCUT2D eigenvalue weighted by Crippen LogP contribution is 2.31. The zero-order valence-corrected chi connectivity index (χ0v) is 17.9. The fraction of sp³-hybridized carbons (Fsp3) is 0.130. The van der Waals surface area contributed by atoms with Gasteiger partial charge < -0.3 is 5.32 Å². The van der Waals surface area contributed by atoms with E-state index in [2.05, 4.69) is 15.0 Å². The van der Waals surface area contributed by atoms with Gasteiger partial charge in [0, 0.05) is 23.4 Å². The topological polar surface area (TPSA) is 93.1 Å². The molecule has 1 amide bonds. The number of para-hydroxylation sites is 2. The fourth-order valence-electron chi connectivity index (χ4n) is 3.87. The van der Waals surface area contributed by atoms with Crippen LogP contribution in [0, 0.1) is 0 Å². The van der Waals surface area contributed by atoms with Crippen molar-refractivity contribution in [2.75, 3.05) is 10.0 Å². The summed E-state index contributed by atoms with van der Waals surface area (Å²) in [4.78, 5) is 15.9. The minimum absolute atomic E-state index is 0.0703. The summed E-state index contributed by atoms with van der Waals surface area (Å²) < 4.78 is 56.5. The quantitative estimate of drug-likeness (QED) is 0.441. The number of fused-ring (bicyclic) bond motifs is 2. The van der Waals surface area contributed by atoms with Gasteiger partial charge in [0.05, 0.1) is 15.9 Å². The summed E-state index contributed by atoms with van der Waals surface area (Å²) in [6.45, 7) is -2.78. The summed E-state index contributed by atoms with van der Waals surface area (Å²) in [6, 6.07) is 17.2. The van der Waals surface area contributed by atoms with Crippen LogP contribution in [0.15, 0.2) is 71.6 Å². The molecule has 1 aromatic heterocycles. The van der Waals surface area contributed by atoms with Gasteiger partial charge in [-0.3, -0.25) is 14.1 Å². The molecule has 0 spiro atoms. The molecular formula is C23H18F2N4O3S. The van der Waals surface area contributed by atoms with Crippen molar-refractivity contribution in [3.05, 3.63) is 72.3 Å². The van der Waals surface area contributed by atoms with Crippen LogP contribution in [0.5, 0.6) is 0 Å². The highest BCUT2D eigenvalue weighted by atomic mass is 32.2. The Balaban J connectivity index is 1.42. The van der Waals surface area contributed by atoms with Gasteiger partial charge in [0.15, 0.2) is 0 Å². The fourth-order valence-corrected chi connectivity index (χ4v) is 4.98. The largest absolute Gasteiger partial charge is 0.326 e. The van der Waals surface area contributed by atoms with Crippen LogP contribution in [-0.2, 0) is 21.2 Å². The lowest BCUT2D eigenvalue weighted by Crippen LogP contribution is -2.20. The summed E-state index contributed by atoms with van der Waals surface area (Å²) >= 11 is 0. The average molecular weight is 468 g/mol. The zero-order chi connectivity index (χ0) is 23.2. The molecule has 0 aliphatic carbocycles. The molecule has 168 valence electrons. The van der Waals surface area contributed by atoms with E-state index in [0.717, 1.165) is 10.1 Å². The number of anilines is 2. The van der Waals surface area contributed by atoms with Gasteiger partial charge in [-0.2, -0.15) is 8.78 Å².